The van der Waals surface area contributed by atoms with Crippen molar-refractivity contribution < 1.29 is 27.4 Å². The maximum atomic E-state index is 12.7. The highest BCUT2D eigenvalue weighted by Gasteiger charge is 2.67. The van der Waals surface area contributed by atoms with Gasteiger partial charge < -0.3 is 9.47 Å². The Bertz CT molecular complexity index is 722. The number of carbonyl (C=O) groups is 1. The summed E-state index contributed by atoms with van der Waals surface area (Å²) < 4.78 is 49.4. The van der Waals surface area contributed by atoms with Gasteiger partial charge in [0, 0.05) is 5.69 Å². The summed E-state index contributed by atoms with van der Waals surface area (Å²) in [5.41, 5.74) is -0.699. The first-order valence-corrected chi connectivity index (χ1v) is 8.70. The number of carbonyl (C=O) groups excluding carboxylic acids is 1. The summed E-state index contributed by atoms with van der Waals surface area (Å²) >= 11 is 0. The summed E-state index contributed by atoms with van der Waals surface area (Å²) in [5, 5.41) is 2.43. The van der Waals surface area contributed by atoms with Gasteiger partial charge in [0.2, 0.25) is 0 Å². The summed E-state index contributed by atoms with van der Waals surface area (Å²) in [6.45, 7) is 0. The van der Waals surface area contributed by atoms with Crippen molar-refractivity contribution in [3.8, 4) is 0 Å². The third-order valence-corrected chi connectivity index (χ3v) is 6.38. The zero-order valence-corrected chi connectivity index (χ0v) is 13.3. The number of epoxide rings is 1. The Hall–Kier alpha value is -1.76. The number of nitrogens with one attached hydrogen (secondary N) is 1. The standard InChI is InChI=1S/C18H18F3NO3/c19-18(20,21)9-2-1-3-10(6-9)22-17(23)25-13-5-8-4-11(13)12-7-14-16(24-14)15(8)12/h1-3,6,8,11-16H,4-5,7H2,(H,22,23)/t8-,11+,12+,13-,14+,15+,16+/m1/s1. The number of fused-ring (bicyclic) bond motifs is 7. The predicted molar refractivity (Wildman–Crippen MR) is 81.8 cm³/mol. The molecule has 1 N–H and O–H groups in total. The van der Waals surface area contributed by atoms with Crippen LogP contribution in [0.1, 0.15) is 24.8 Å². The maximum Gasteiger partial charge on any atom is 0.416 e. The van der Waals surface area contributed by atoms with Crippen molar-refractivity contribution in [1.82, 2.24) is 0 Å². The van der Waals surface area contributed by atoms with Gasteiger partial charge in [0.1, 0.15) is 6.10 Å². The summed E-state index contributed by atoms with van der Waals surface area (Å²) in [6.07, 6.45) is -1.42. The second-order valence-electron chi connectivity index (χ2n) is 7.66. The van der Waals surface area contributed by atoms with Crippen molar-refractivity contribution in [3.05, 3.63) is 29.8 Å². The first kappa shape index (κ1) is 15.5. The van der Waals surface area contributed by atoms with Crippen LogP contribution in [0.3, 0.4) is 0 Å². The Labute approximate surface area is 142 Å². The molecule has 3 saturated carbocycles. The summed E-state index contributed by atoms with van der Waals surface area (Å²) in [5.74, 6) is 2.13. The van der Waals surface area contributed by atoms with E-state index in [1.165, 1.54) is 12.1 Å². The molecule has 1 heterocycles. The van der Waals surface area contributed by atoms with Crippen LogP contribution in [0.2, 0.25) is 0 Å². The van der Waals surface area contributed by atoms with E-state index in [1.54, 1.807) is 0 Å². The lowest BCUT2D eigenvalue weighted by Gasteiger charge is -2.32. The molecule has 0 unspecified atom stereocenters. The van der Waals surface area contributed by atoms with Crippen molar-refractivity contribution in [3.63, 3.8) is 0 Å². The topological polar surface area (TPSA) is 50.9 Å². The van der Waals surface area contributed by atoms with Gasteiger partial charge in [0.15, 0.2) is 0 Å². The van der Waals surface area contributed by atoms with Crippen LogP contribution in [0.15, 0.2) is 24.3 Å². The second-order valence-corrected chi connectivity index (χ2v) is 7.66. The minimum atomic E-state index is -4.44. The molecule has 4 aliphatic rings. The van der Waals surface area contributed by atoms with Gasteiger partial charge in [-0.2, -0.15) is 13.2 Å². The Kier molecular flexibility index (Phi) is 3.18. The van der Waals surface area contributed by atoms with E-state index in [-0.39, 0.29) is 11.8 Å². The zero-order valence-electron chi connectivity index (χ0n) is 13.3. The first-order valence-electron chi connectivity index (χ1n) is 8.70. The Morgan fingerprint density at radius 3 is 2.84 bits per heavy atom. The summed E-state index contributed by atoms with van der Waals surface area (Å²) in [7, 11) is 0. The Morgan fingerprint density at radius 1 is 1.20 bits per heavy atom. The normalized spacial score (nSPS) is 40.5. The van der Waals surface area contributed by atoms with Crippen LogP contribution >= 0.6 is 0 Å². The molecule has 4 nitrogen and oxygen atoms in total. The number of hydrogen-bond acceptors (Lipinski definition) is 3. The van der Waals surface area contributed by atoms with E-state index in [0.717, 1.165) is 31.4 Å². The molecule has 1 saturated heterocycles. The molecule has 7 atom stereocenters. The minimum Gasteiger partial charge on any atom is -0.446 e. The third kappa shape index (κ3) is 2.51. The fraction of sp³-hybridized carbons (Fsp3) is 0.611. The van der Waals surface area contributed by atoms with Crippen molar-refractivity contribution in [2.45, 2.75) is 43.8 Å². The highest BCUT2D eigenvalue weighted by molar-refractivity contribution is 5.84. The average Bonchev–Trinajstić information content (AvgIpc) is 2.91. The van der Waals surface area contributed by atoms with Gasteiger partial charge in [-0.25, -0.2) is 4.79 Å². The molecular formula is C18H18F3NO3. The molecule has 3 aliphatic carbocycles. The second kappa shape index (κ2) is 5.13. The Balaban J connectivity index is 1.22. The molecule has 1 amide bonds. The zero-order chi connectivity index (χ0) is 17.3. The molecule has 1 aromatic carbocycles. The van der Waals surface area contributed by atoms with Crippen LogP contribution in [-0.4, -0.2) is 24.4 Å². The van der Waals surface area contributed by atoms with E-state index < -0.39 is 17.8 Å². The van der Waals surface area contributed by atoms with E-state index in [1.807, 2.05) is 0 Å². The number of alkyl halides is 3. The van der Waals surface area contributed by atoms with Gasteiger partial charge >= 0.3 is 12.3 Å². The number of ether oxygens (including phenoxy) is 2. The lowest BCUT2D eigenvalue weighted by atomic mass is 9.79. The Morgan fingerprint density at radius 2 is 2.04 bits per heavy atom. The van der Waals surface area contributed by atoms with Crippen molar-refractivity contribution in [2.24, 2.45) is 23.7 Å². The van der Waals surface area contributed by atoms with Crippen LogP contribution < -0.4 is 5.32 Å². The average molecular weight is 353 g/mol. The molecule has 2 bridgehead atoms. The van der Waals surface area contributed by atoms with E-state index in [2.05, 4.69) is 5.32 Å². The number of hydrogen-bond donors (Lipinski definition) is 1. The molecule has 0 radical (unpaired) electrons. The smallest absolute Gasteiger partial charge is 0.416 e. The van der Waals surface area contributed by atoms with E-state index in [9.17, 15) is 18.0 Å². The molecule has 25 heavy (non-hydrogen) atoms. The minimum absolute atomic E-state index is 0.0939. The van der Waals surface area contributed by atoms with Gasteiger partial charge in [-0.15, -0.1) is 0 Å². The predicted octanol–water partition coefficient (Wildman–Crippen LogP) is 4.07. The fourth-order valence-electron chi connectivity index (χ4n) is 5.46. The molecule has 5 rings (SSSR count). The summed E-state index contributed by atoms with van der Waals surface area (Å²) in [6, 6.07) is 4.58. The third-order valence-electron chi connectivity index (χ3n) is 6.38. The molecule has 134 valence electrons. The molecule has 0 spiro atoms. The van der Waals surface area contributed by atoms with Crippen molar-refractivity contribution >= 4 is 11.8 Å². The summed E-state index contributed by atoms with van der Waals surface area (Å²) in [4.78, 5) is 12.1. The largest absolute Gasteiger partial charge is 0.446 e. The van der Waals surface area contributed by atoms with E-state index in [4.69, 9.17) is 9.47 Å². The number of benzene rings is 1. The molecule has 1 aromatic rings. The highest BCUT2D eigenvalue weighted by Crippen LogP contribution is 2.64. The van der Waals surface area contributed by atoms with Gasteiger partial charge in [0.25, 0.3) is 0 Å². The number of anilines is 1. The number of rotatable bonds is 2. The molecular weight excluding hydrogens is 335 g/mol. The first-order chi connectivity index (χ1) is 11.9. The molecule has 4 fully saturated rings. The fourth-order valence-corrected chi connectivity index (χ4v) is 5.46. The lowest BCUT2D eigenvalue weighted by Crippen LogP contribution is -2.35. The van der Waals surface area contributed by atoms with E-state index in [0.29, 0.717) is 35.9 Å². The highest BCUT2D eigenvalue weighted by atomic mass is 19.4. The van der Waals surface area contributed by atoms with Crippen LogP contribution in [-0.2, 0) is 15.7 Å². The molecule has 0 aromatic heterocycles. The van der Waals surface area contributed by atoms with Crippen molar-refractivity contribution in [2.75, 3.05) is 5.32 Å². The van der Waals surface area contributed by atoms with Gasteiger partial charge in [-0.1, -0.05) is 6.07 Å². The molecule has 7 heteroatoms. The van der Waals surface area contributed by atoms with Gasteiger partial charge in [-0.3, -0.25) is 5.32 Å². The number of amides is 1. The SMILES string of the molecule is O=C(Nc1cccc(C(F)(F)F)c1)O[C@@H]1C[C@H]2C[C@H]1[C@@H]1C[C@@H]3O[C@@H]3[C@@H]21. The van der Waals surface area contributed by atoms with Crippen LogP contribution in [0.5, 0.6) is 0 Å². The number of halogens is 3. The van der Waals surface area contributed by atoms with Gasteiger partial charge in [0.05, 0.1) is 17.8 Å². The van der Waals surface area contributed by atoms with E-state index >= 15 is 0 Å². The quantitative estimate of drug-likeness (QED) is 0.816. The van der Waals surface area contributed by atoms with Crippen LogP contribution in [0.4, 0.5) is 23.7 Å². The van der Waals surface area contributed by atoms with Gasteiger partial charge in [-0.05, 0) is 61.1 Å². The lowest BCUT2D eigenvalue weighted by molar-refractivity contribution is -0.137. The molecule has 1 aliphatic heterocycles. The van der Waals surface area contributed by atoms with Crippen LogP contribution in [0, 0.1) is 23.7 Å². The monoisotopic (exact) mass is 353 g/mol. The maximum absolute atomic E-state index is 12.7. The van der Waals surface area contributed by atoms with Crippen LogP contribution in [0.25, 0.3) is 0 Å². The van der Waals surface area contributed by atoms with Crippen molar-refractivity contribution in [1.29, 1.82) is 0 Å².